The lowest BCUT2D eigenvalue weighted by Crippen LogP contribution is -2.11. The summed E-state index contributed by atoms with van der Waals surface area (Å²) in [5.74, 6) is 1.10. The molecule has 1 N–H and O–H groups in total. The van der Waals surface area contributed by atoms with Gasteiger partial charge < -0.3 is 23.9 Å². The Labute approximate surface area is 198 Å². The molecule has 8 heteroatoms. The highest BCUT2D eigenvalue weighted by atomic mass is 79.9. The van der Waals surface area contributed by atoms with Crippen molar-refractivity contribution in [3.63, 3.8) is 0 Å². The van der Waals surface area contributed by atoms with Crippen LogP contribution in [0, 0.1) is 0 Å². The SMILES string of the molecule is COc1cc2oc(-c3ccc(NC(=O)c4ccc(Br)cc4)cc3)cc(=O)c2c(OC)c1OC. The van der Waals surface area contributed by atoms with E-state index in [1.807, 2.05) is 0 Å². The van der Waals surface area contributed by atoms with Crippen LogP contribution in [0.25, 0.3) is 22.3 Å². The lowest BCUT2D eigenvalue weighted by molar-refractivity contribution is 0.102. The van der Waals surface area contributed by atoms with Crippen molar-refractivity contribution in [2.75, 3.05) is 26.6 Å². The Morgan fingerprint density at radius 1 is 0.879 bits per heavy atom. The van der Waals surface area contributed by atoms with Crippen molar-refractivity contribution < 1.29 is 23.4 Å². The van der Waals surface area contributed by atoms with Gasteiger partial charge in [0, 0.05) is 33.4 Å². The van der Waals surface area contributed by atoms with Crippen LogP contribution in [-0.4, -0.2) is 27.2 Å². The van der Waals surface area contributed by atoms with Crippen LogP contribution in [-0.2, 0) is 0 Å². The maximum Gasteiger partial charge on any atom is 0.255 e. The van der Waals surface area contributed by atoms with Crippen molar-refractivity contribution >= 4 is 38.5 Å². The molecule has 0 fully saturated rings. The van der Waals surface area contributed by atoms with E-state index in [1.165, 1.54) is 27.4 Å². The van der Waals surface area contributed by atoms with E-state index in [1.54, 1.807) is 54.6 Å². The number of carbonyl (C=O) groups excluding carboxylic acids is 1. The second-order valence-electron chi connectivity index (χ2n) is 7.03. The second-order valence-corrected chi connectivity index (χ2v) is 7.95. The number of halogens is 1. The molecule has 0 saturated carbocycles. The van der Waals surface area contributed by atoms with Crippen molar-refractivity contribution in [1.29, 1.82) is 0 Å². The normalized spacial score (nSPS) is 10.7. The summed E-state index contributed by atoms with van der Waals surface area (Å²) >= 11 is 3.35. The van der Waals surface area contributed by atoms with Crippen LogP contribution in [0.1, 0.15) is 10.4 Å². The van der Waals surface area contributed by atoms with Crippen molar-refractivity contribution in [1.82, 2.24) is 0 Å². The highest BCUT2D eigenvalue weighted by Crippen LogP contribution is 2.42. The molecule has 4 aromatic rings. The predicted molar refractivity (Wildman–Crippen MR) is 130 cm³/mol. The summed E-state index contributed by atoms with van der Waals surface area (Å²) in [6.45, 7) is 0. The molecule has 0 bridgehead atoms. The van der Waals surface area contributed by atoms with E-state index in [2.05, 4.69) is 21.2 Å². The zero-order valence-corrected chi connectivity index (χ0v) is 19.7. The molecule has 0 spiro atoms. The smallest absolute Gasteiger partial charge is 0.255 e. The van der Waals surface area contributed by atoms with Gasteiger partial charge in [-0.3, -0.25) is 9.59 Å². The Balaban J connectivity index is 1.67. The highest BCUT2D eigenvalue weighted by molar-refractivity contribution is 9.10. The van der Waals surface area contributed by atoms with Crippen LogP contribution >= 0.6 is 15.9 Å². The zero-order valence-electron chi connectivity index (χ0n) is 18.1. The number of amides is 1. The third-order valence-corrected chi connectivity index (χ3v) is 5.58. The van der Waals surface area contributed by atoms with E-state index < -0.39 is 0 Å². The molecule has 168 valence electrons. The number of benzene rings is 3. The molecular weight excluding hydrogens is 490 g/mol. The quantitative estimate of drug-likeness (QED) is 0.369. The van der Waals surface area contributed by atoms with Crippen LogP contribution in [0.3, 0.4) is 0 Å². The van der Waals surface area contributed by atoms with Gasteiger partial charge in [0.1, 0.15) is 16.7 Å². The third-order valence-electron chi connectivity index (χ3n) is 5.06. The average molecular weight is 510 g/mol. The number of methoxy groups -OCH3 is 3. The van der Waals surface area contributed by atoms with Gasteiger partial charge in [0.2, 0.25) is 5.75 Å². The minimum Gasteiger partial charge on any atom is -0.493 e. The summed E-state index contributed by atoms with van der Waals surface area (Å²) in [5.41, 5.74) is 1.85. The molecule has 0 aliphatic heterocycles. The number of hydrogen-bond acceptors (Lipinski definition) is 6. The van der Waals surface area contributed by atoms with E-state index in [0.29, 0.717) is 39.7 Å². The van der Waals surface area contributed by atoms with Gasteiger partial charge in [0.15, 0.2) is 16.9 Å². The van der Waals surface area contributed by atoms with Gasteiger partial charge in [-0.25, -0.2) is 0 Å². The first-order chi connectivity index (χ1) is 15.9. The van der Waals surface area contributed by atoms with Gasteiger partial charge in [0.25, 0.3) is 5.91 Å². The molecule has 33 heavy (non-hydrogen) atoms. The van der Waals surface area contributed by atoms with Crippen molar-refractivity contribution in [2.45, 2.75) is 0 Å². The van der Waals surface area contributed by atoms with E-state index in [9.17, 15) is 9.59 Å². The Kier molecular flexibility index (Phi) is 6.37. The fourth-order valence-electron chi connectivity index (χ4n) is 3.45. The maximum atomic E-state index is 12.9. The second kappa shape index (κ2) is 9.38. The minimum absolute atomic E-state index is 0.222. The molecule has 7 nitrogen and oxygen atoms in total. The monoisotopic (exact) mass is 509 g/mol. The van der Waals surface area contributed by atoms with Crippen LogP contribution in [0.4, 0.5) is 5.69 Å². The maximum absolute atomic E-state index is 12.9. The molecule has 0 unspecified atom stereocenters. The molecule has 4 rings (SSSR count). The van der Waals surface area contributed by atoms with Crippen molar-refractivity contribution in [3.8, 4) is 28.6 Å². The predicted octanol–water partition coefficient (Wildman–Crippen LogP) is 5.50. The van der Waals surface area contributed by atoms with Crippen LogP contribution in [0.2, 0.25) is 0 Å². The van der Waals surface area contributed by atoms with Crippen LogP contribution < -0.4 is 25.0 Å². The zero-order chi connectivity index (χ0) is 23.5. The van der Waals surface area contributed by atoms with E-state index in [-0.39, 0.29) is 22.5 Å². The molecule has 0 saturated heterocycles. The van der Waals surface area contributed by atoms with Crippen molar-refractivity contribution in [3.05, 3.63) is 80.9 Å². The summed E-state index contributed by atoms with van der Waals surface area (Å²) in [7, 11) is 4.41. The molecule has 3 aromatic carbocycles. The first-order valence-electron chi connectivity index (χ1n) is 9.89. The summed E-state index contributed by atoms with van der Waals surface area (Å²) in [5, 5.41) is 3.11. The molecular formula is C25H20BrNO6. The van der Waals surface area contributed by atoms with E-state index in [0.717, 1.165) is 4.47 Å². The number of carbonyl (C=O) groups is 1. The number of fused-ring (bicyclic) bond motifs is 1. The molecule has 0 radical (unpaired) electrons. The van der Waals surface area contributed by atoms with Crippen LogP contribution in [0.15, 0.2) is 74.3 Å². The van der Waals surface area contributed by atoms with Crippen molar-refractivity contribution in [2.24, 2.45) is 0 Å². The molecule has 0 aliphatic rings. The number of nitrogens with one attached hydrogen (secondary N) is 1. The largest absolute Gasteiger partial charge is 0.493 e. The van der Waals surface area contributed by atoms with Crippen LogP contribution in [0.5, 0.6) is 17.2 Å². The first-order valence-corrected chi connectivity index (χ1v) is 10.7. The topological polar surface area (TPSA) is 87.0 Å². The Hall–Kier alpha value is -3.78. The Bertz CT molecular complexity index is 1380. The van der Waals surface area contributed by atoms with Gasteiger partial charge in [-0.1, -0.05) is 15.9 Å². The summed E-state index contributed by atoms with van der Waals surface area (Å²) < 4.78 is 23.0. The van der Waals surface area contributed by atoms with Gasteiger partial charge in [-0.2, -0.15) is 0 Å². The molecule has 1 amide bonds. The summed E-state index contributed by atoms with van der Waals surface area (Å²) in [6.07, 6.45) is 0. The number of rotatable bonds is 6. The fraction of sp³-hybridized carbons (Fsp3) is 0.120. The van der Waals surface area contributed by atoms with E-state index >= 15 is 0 Å². The first kappa shape index (κ1) is 22.4. The Morgan fingerprint density at radius 2 is 1.55 bits per heavy atom. The van der Waals surface area contributed by atoms with Gasteiger partial charge in [-0.05, 0) is 48.5 Å². The molecule has 1 aromatic heterocycles. The summed E-state index contributed by atoms with van der Waals surface area (Å²) in [6, 6.07) is 17.1. The Morgan fingerprint density at radius 3 is 2.15 bits per heavy atom. The fourth-order valence-corrected chi connectivity index (χ4v) is 3.72. The van der Waals surface area contributed by atoms with Gasteiger partial charge in [-0.15, -0.1) is 0 Å². The lowest BCUT2D eigenvalue weighted by Gasteiger charge is -2.14. The molecule has 1 heterocycles. The van der Waals surface area contributed by atoms with E-state index in [4.69, 9.17) is 18.6 Å². The lowest BCUT2D eigenvalue weighted by atomic mass is 10.1. The number of hydrogen-bond donors (Lipinski definition) is 1. The minimum atomic E-state index is -0.281. The number of anilines is 1. The van der Waals surface area contributed by atoms with Gasteiger partial charge in [0.05, 0.1) is 21.3 Å². The molecule has 0 atom stereocenters. The van der Waals surface area contributed by atoms with Gasteiger partial charge >= 0.3 is 0 Å². The summed E-state index contributed by atoms with van der Waals surface area (Å²) in [4.78, 5) is 25.3. The molecule has 0 aliphatic carbocycles. The standard InChI is InChI=1S/C25H20BrNO6/c1-30-21-13-20-22(24(32-3)23(21)31-2)18(28)12-19(33-20)14-6-10-17(11-7-14)27-25(29)15-4-8-16(26)9-5-15/h4-13H,1-3H3,(H,27,29). The highest BCUT2D eigenvalue weighted by Gasteiger charge is 2.20. The third kappa shape index (κ3) is 4.42. The average Bonchev–Trinajstić information content (AvgIpc) is 2.83. The number of ether oxygens (including phenoxy) is 3.